The predicted octanol–water partition coefficient (Wildman–Crippen LogP) is 13.5. The van der Waals surface area contributed by atoms with Crippen molar-refractivity contribution in [2.75, 3.05) is 33.0 Å². The minimum absolute atomic E-state index is 0.0197. The van der Waals surface area contributed by atoms with Gasteiger partial charge < -0.3 is 24.6 Å². The van der Waals surface area contributed by atoms with E-state index in [1.165, 1.54) is 89.9 Å². The molecule has 0 bridgehead atoms. The summed E-state index contributed by atoms with van der Waals surface area (Å²) in [7, 11) is -4.54. The third kappa shape index (κ3) is 45.2. The van der Waals surface area contributed by atoms with Gasteiger partial charge >= 0.3 is 13.8 Å². The molecule has 0 radical (unpaired) electrons. The lowest BCUT2D eigenvalue weighted by Crippen LogP contribution is -2.29. The highest BCUT2D eigenvalue weighted by Crippen LogP contribution is 2.43. The van der Waals surface area contributed by atoms with Crippen LogP contribution in [-0.4, -0.2) is 66.3 Å². The Labute approximate surface area is 366 Å². The van der Waals surface area contributed by atoms with Gasteiger partial charge in [0.1, 0.15) is 12.2 Å². The van der Waals surface area contributed by atoms with E-state index in [0.29, 0.717) is 13.0 Å². The number of phosphoric acid groups is 1. The van der Waals surface area contributed by atoms with Gasteiger partial charge in [0, 0.05) is 13.0 Å². The summed E-state index contributed by atoms with van der Waals surface area (Å²) in [6, 6.07) is 0. The van der Waals surface area contributed by atoms with Crippen molar-refractivity contribution in [2.45, 2.75) is 193 Å². The molecule has 3 N–H and O–H groups in total. The lowest BCUT2D eigenvalue weighted by atomic mass is 10.1. The van der Waals surface area contributed by atoms with E-state index in [1.807, 2.05) is 6.08 Å². The predicted molar refractivity (Wildman–Crippen MR) is 251 cm³/mol. The SMILES string of the molecule is CC/C=C\C/C=C\C/C=C\C/C=C\C/C=C\CCCC(=O)OC(COCCCCCCCCCCCC/C=C\C/C=C\CCCCCCC)COP(=O)(O)OCC(O)CO. The molecule has 3 unspecified atom stereocenters. The lowest BCUT2D eigenvalue weighted by Gasteiger charge is -2.20. The number of hydrogen-bond donors (Lipinski definition) is 3. The molecule has 0 aliphatic heterocycles. The fourth-order valence-electron chi connectivity index (χ4n) is 6.01. The minimum atomic E-state index is -4.54. The Morgan fingerprint density at radius 2 is 0.950 bits per heavy atom. The van der Waals surface area contributed by atoms with E-state index in [0.717, 1.165) is 64.2 Å². The molecule has 0 aromatic carbocycles. The molecule has 0 aromatic rings. The van der Waals surface area contributed by atoms with Crippen molar-refractivity contribution in [3.63, 3.8) is 0 Å². The van der Waals surface area contributed by atoms with Gasteiger partial charge in [-0.25, -0.2) is 4.57 Å². The fourth-order valence-corrected chi connectivity index (χ4v) is 6.80. The van der Waals surface area contributed by atoms with Crippen LogP contribution >= 0.6 is 7.82 Å². The van der Waals surface area contributed by atoms with E-state index in [4.69, 9.17) is 23.6 Å². The molecule has 0 rings (SSSR count). The molecular formula is C50H87O9P. The van der Waals surface area contributed by atoms with Crippen molar-refractivity contribution in [2.24, 2.45) is 0 Å². The van der Waals surface area contributed by atoms with Gasteiger partial charge in [0.25, 0.3) is 0 Å². The standard InChI is InChI=1S/C50H87O9P/c1-3-5-7-9-11-13-15-17-19-21-22-23-24-25-27-29-31-33-35-37-39-41-43-56-46-49(47-58-60(54,55)57-45-48(52)44-51)59-50(53)42-40-38-36-34-32-30-28-26-20-18-16-14-12-10-8-6-4-2/h6,8,12,14-15,17-18,20-22,28,30,34,36,48-49,51-52H,3-5,7,9-11,13,16,19,23-27,29,31-33,35,37-47H2,1-2H3,(H,54,55)/b8-6-,14-12-,17-15-,20-18-,22-21-,30-28-,36-34-. The van der Waals surface area contributed by atoms with Gasteiger partial charge in [0.15, 0.2) is 0 Å². The summed E-state index contributed by atoms with van der Waals surface area (Å²) in [4.78, 5) is 22.6. The Morgan fingerprint density at radius 3 is 1.43 bits per heavy atom. The Hall–Kier alpha value is -2.36. The third-order valence-corrected chi connectivity index (χ3v) is 10.5. The van der Waals surface area contributed by atoms with Crippen molar-refractivity contribution in [3.05, 3.63) is 85.1 Å². The number of unbranched alkanes of at least 4 members (excludes halogenated alkanes) is 16. The third-order valence-electron chi connectivity index (χ3n) is 9.56. The first-order chi connectivity index (χ1) is 29.3. The second-order valence-electron chi connectivity index (χ2n) is 15.4. The molecule has 0 fully saturated rings. The average Bonchev–Trinajstić information content (AvgIpc) is 3.24. The largest absolute Gasteiger partial charge is 0.472 e. The number of rotatable bonds is 44. The molecule has 346 valence electrons. The van der Waals surface area contributed by atoms with Gasteiger partial charge in [-0.15, -0.1) is 0 Å². The Balaban J connectivity index is 4.21. The van der Waals surface area contributed by atoms with E-state index in [9.17, 15) is 19.4 Å². The summed E-state index contributed by atoms with van der Waals surface area (Å²) in [6.45, 7) is 3.30. The van der Waals surface area contributed by atoms with Crippen LogP contribution in [0, 0.1) is 0 Å². The molecule has 0 heterocycles. The number of aliphatic hydroxyl groups excluding tert-OH is 2. The lowest BCUT2D eigenvalue weighted by molar-refractivity contribution is -0.154. The maximum absolute atomic E-state index is 12.6. The van der Waals surface area contributed by atoms with Gasteiger partial charge in [0.05, 0.1) is 26.4 Å². The highest BCUT2D eigenvalue weighted by Gasteiger charge is 2.26. The summed E-state index contributed by atoms with van der Waals surface area (Å²) in [6.07, 6.45) is 57.0. The van der Waals surface area contributed by atoms with E-state index in [1.54, 1.807) is 0 Å². The summed E-state index contributed by atoms with van der Waals surface area (Å²) in [5.41, 5.74) is 0. The van der Waals surface area contributed by atoms with Gasteiger partial charge in [-0.2, -0.15) is 0 Å². The highest BCUT2D eigenvalue weighted by atomic mass is 31.2. The van der Waals surface area contributed by atoms with Gasteiger partial charge in [-0.05, 0) is 83.5 Å². The normalized spacial score (nSPS) is 14.7. The van der Waals surface area contributed by atoms with Crippen LogP contribution in [0.3, 0.4) is 0 Å². The number of carbonyl (C=O) groups excluding carboxylic acids is 1. The molecule has 3 atom stereocenters. The number of esters is 1. The van der Waals surface area contributed by atoms with E-state index in [2.05, 4.69) is 92.8 Å². The minimum Gasteiger partial charge on any atom is -0.457 e. The quantitative estimate of drug-likeness (QED) is 0.0237. The molecule has 0 amide bonds. The molecule has 0 saturated heterocycles. The van der Waals surface area contributed by atoms with Crippen LogP contribution in [0.4, 0.5) is 0 Å². The number of phosphoric ester groups is 1. The van der Waals surface area contributed by atoms with Crippen molar-refractivity contribution in [1.29, 1.82) is 0 Å². The topological polar surface area (TPSA) is 132 Å². The Bertz CT molecular complexity index is 1210. The van der Waals surface area contributed by atoms with Gasteiger partial charge in [-0.1, -0.05) is 176 Å². The van der Waals surface area contributed by atoms with E-state index < -0.39 is 45.8 Å². The molecule has 0 aliphatic carbocycles. The molecular weight excluding hydrogens is 776 g/mol. The number of ether oxygens (including phenoxy) is 2. The van der Waals surface area contributed by atoms with Crippen molar-refractivity contribution >= 4 is 13.8 Å². The Morgan fingerprint density at radius 1 is 0.533 bits per heavy atom. The molecule has 60 heavy (non-hydrogen) atoms. The van der Waals surface area contributed by atoms with Crippen molar-refractivity contribution in [1.82, 2.24) is 0 Å². The van der Waals surface area contributed by atoms with Gasteiger partial charge in [-0.3, -0.25) is 13.8 Å². The van der Waals surface area contributed by atoms with E-state index >= 15 is 0 Å². The zero-order valence-corrected chi connectivity index (χ0v) is 38.8. The van der Waals surface area contributed by atoms with Crippen molar-refractivity contribution < 1.29 is 43.0 Å². The first-order valence-electron chi connectivity index (χ1n) is 23.6. The van der Waals surface area contributed by atoms with Crippen molar-refractivity contribution in [3.8, 4) is 0 Å². The summed E-state index contributed by atoms with van der Waals surface area (Å²) >= 11 is 0. The van der Waals surface area contributed by atoms with Crippen LogP contribution in [0.1, 0.15) is 181 Å². The number of hydrogen-bond acceptors (Lipinski definition) is 8. The maximum Gasteiger partial charge on any atom is 0.472 e. The zero-order chi connectivity index (χ0) is 43.9. The first kappa shape index (κ1) is 57.6. The van der Waals surface area contributed by atoms with E-state index in [-0.39, 0.29) is 13.0 Å². The summed E-state index contributed by atoms with van der Waals surface area (Å²) < 4.78 is 33.4. The second-order valence-corrected chi connectivity index (χ2v) is 16.8. The van der Waals surface area contributed by atoms with Crippen LogP contribution in [0.2, 0.25) is 0 Å². The molecule has 0 aromatic heterocycles. The molecule has 10 heteroatoms. The van der Waals surface area contributed by atoms with Crippen LogP contribution in [0.15, 0.2) is 85.1 Å². The highest BCUT2D eigenvalue weighted by molar-refractivity contribution is 7.47. The monoisotopic (exact) mass is 863 g/mol. The maximum atomic E-state index is 12.6. The van der Waals surface area contributed by atoms with Crippen LogP contribution in [0.25, 0.3) is 0 Å². The number of aliphatic hydroxyl groups is 2. The Kier molecular flexibility index (Phi) is 44.3. The number of allylic oxidation sites excluding steroid dienone is 14. The summed E-state index contributed by atoms with van der Waals surface area (Å²) in [5.74, 6) is -0.442. The molecule has 0 saturated carbocycles. The summed E-state index contributed by atoms with van der Waals surface area (Å²) in [5, 5.41) is 18.4. The molecule has 0 spiro atoms. The van der Waals surface area contributed by atoms with Crippen LogP contribution in [-0.2, 0) is 27.9 Å². The molecule has 0 aliphatic rings. The first-order valence-corrected chi connectivity index (χ1v) is 25.1. The van der Waals surface area contributed by atoms with Crippen LogP contribution in [0.5, 0.6) is 0 Å². The number of carbonyl (C=O) groups is 1. The average molecular weight is 863 g/mol. The fraction of sp³-hybridized carbons (Fsp3) is 0.700. The zero-order valence-electron chi connectivity index (χ0n) is 37.9. The van der Waals surface area contributed by atoms with Crippen LogP contribution < -0.4 is 0 Å². The second kappa shape index (κ2) is 46.2. The van der Waals surface area contributed by atoms with Gasteiger partial charge in [0.2, 0.25) is 0 Å². The smallest absolute Gasteiger partial charge is 0.457 e. The molecule has 9 nitrogen and oxygen atoms in total.